The topological polar surface area (TPSA) is 59.5 Å². The molecule has 2 aliphatic rings. The average molecular weight is 338 g/mol. The lowest BCUT2D eigenvalue weighted by Gasteiger charge is -2.33. The monoisotopic (exact) mass is 338 g/mol. The second kappa shape index (κ2) is 6.47. The predicted molar refractivity (Wildman–Crippen MR) is 94.1 cm³/mol. The van der Waals surface area contributed by atoms with Crippen molar-refractivity contribution in [1.82, 2.24) is 9.88 Å². The Morgan fingerprint density at radius 3 is 2.76 bits per heavy atom. The summed E-state index contributed by atoms with van der Waals surface area (Å²) in [6, 6.07) is 11.0. The van der Waals surface area contributed by atoms with Crippen LogP contribution in [0.3, 0.4) is 0 Å². The minimum Gasteiger partial charge on any atom is -0.467 e. The van der Waals surface area contributed by atoms with Crippen molar-refractivity contribution < 1.29 is 14.3 Å². The summed E-state index contributed by atoms with van der Waals surface area (Å²) in [7, 11) is 1.39. The Balaban J connectivity index is 1.70. The number of aromatic nitrogens is 1. The molecule has 1 amide bonds. The van der Waals surface area contributed by atoms with E-state index in [-0.39, 0.29) is 17.9 Å². The molecular formula is C20H22N2O3. The third-order valence-corrected chi connectivity index (χ3v) is 5.61. The number of hydrogen-bond acceptors (Lipinski definition) is 4. The van der Waals surface area contributed by atoms with Gasteiger partial charge >= 0.3 is 5.97 Å². The highest BCUT2D eigenvalue weighted by Gasteiger charge is 2.48. The van der Waals surface area contributed by atoms with Crippen molar-refractivity contribution >= 4 is 22.8 Å². The van der Waals surface area contributed by atoms with Gasteiger partial charge in [0.25, 0.3) is 5.91 Å². The van der Waals surface area contributed by atoms with Crippen LogP contribution < -0.4 is 0 Å². The van der Waals surface area contributed by atoms with Gasteiger partial charge in [0, 0.05) is 11.4 Å². The molecule has 2 heterocycles. The lowest BCUT2D eigenvalue weighted by atomic mass is 9.84. The van der Waals surface area contributed by atoms with Crippen molar-refractivity contribution in [2.24, 2.45) is 5.92 Å². The number of carbonyl (C=O) groups excluding carboxylic acids is 2. The molecule has 0 N–H and O–H groups in total. The minimum absolute atomic E-state index is 0.124. The number of para-hydroxylation sites is 1. The molecule has 2 aromatic rings. The molecular weight excluding hydrogens is 316 g/mol. The molecule has 1 aromatic carbocycles. The van der Waals surface area contributed by atoms with E-state index in [9.17, 15) is 9.59 Å². The quantitative estimate of drug-likeness (QED) is 0.789. The van der Waals surface area contributed by atoms with Gasteiger partial charge < -0.3 is 9.64 Å². The number of esters is 1. The number of benzene rings is 1. The largest absolute Gasteiger partial charge is 0.467 e. The first-order valence-electron chi connectivity index (χ1n) is 8.95. The standard InChI is InChI=1S/C20H22N2O3/c1-25-20(24)18-12-14-7-3-5-9-17(14)22(18)19(23)16-11-10-13-6-2-4-8-15(13)21-16/h2,4,6,8,10-11,14,17-18H,3,5,7,9,12H2,1H3/t14-,17-,18+/m1/s1. The first-order valence-corrected chi connectivity index (χ1v) is 8.95. The van der Waals surface area contributed by atoms with Gasteiger partial charge in [0.15, 0.2) is 0 Å². The summed E-state index contributed by atoms with van der Waals surface area (Å²) in [6.07, 6.45) is 5.01. The number of carbonyl (C=O) groups is 2. The van der Waals surface area contributed by atoms with Crippen LogP contribution in [0.25, 0.3) is 10.9 Å². The summed E-state index contributed by atoms with van der Waals surface area (Å²) >= 11 is 0. The van der Waals surface area contributed by atoms with Crippen molar-refractivity contribution in [1.29, 1.82) is 0 Å². The summed E-state index contributed by atoms with van der Waals surface area (Å²) in [6.45, 7) is 0. The van der Waals surface area contributed by atoms with Crippen LogP contribution in [0.1, 0.15) is 42.6 Å². The lowest BCUT2D eigenvalue weighted by Crippen LogP contribution is -2.46. The highest BCUT2D eigenvalue weighted by molar-refractivity contribution is 5.97. The maximum absolute atomic E-state index is 13.2. The summed E-state index contributed by atoms with van der Waals surface area (Å²) in [5.41, 5.74) is 1.20. The fraction of sp³-hybridized carbons (Fsp3) is 0.450. The maximum Gasteiger partial charge on any atom is 0.328 e. The molecule has 3 atom stereocenters. The Morgan fingerprint density at radius 2 is 1.92 bits per heavy atom. The molecule has 1 aromatic heterocycles. The van der Waals surface area contributed by atoms with Crippen LogP contribution in [-0.2, 0) is 9.53 Å². The second-order valence-electron chi connectivity index (χ2n) is 6.99. The van der Waals surface area contributed by atoms with E-state index in [2.05, 4.69) is 4.98 Å². The molecule has 1 aliphatic carbocycles. The van der Waals surface area contributed by atoms with E-state index in [0.29, 0.717) is 18.0 Å². The molecule has 5 nitrogen and oxygen atoms in total. The van der Waals surface area contributed by atoms with Crippen LogP contribution in [0.4, 0.5) is 0 Å². The number of amides is 1. The van der Waals surface area contributed by atoms with Crippen LogP contribution in [0.5, 0.6) is 0 Å². The Hall–Kier alpha value is -2.43. The molecule has 1 aliphatic heterocycles. The Bertz CT molecular complexity index is 819. The fourth-order valence-corrected chi connectivity index (χ4v) is 4.42. The van der Waals surface area contributed by atoms with E-state index in [1.54, 1.807) is 11.0 Å². The fourth-order valence-electron chi connectivity index (χ4n) is 4.42. The summed E-state index contributed by atoms with van der Waals surface area (Å²) in [5, 5.41) is 1.00. The van der Waals surface area contributed by atoms with Gasteiger partial charge in [-0.25, -0.2) is 9.78 Å². The maximum atomic E-state index is 13.2. The van der Waals surface area contributed by atoms with Gasteiger partial charge in [-0.05, 0) is 37.3 Å². The molecule has 0 radical (unpaired) electrons. The molecule has 0 bridgehead atoms. The van der Waals surface area contributed by atoms with E-state index >= 15 is 0 Å². The zero-order valence-corrected chi connectivity index (χ0v) is 14.4. The van der Waals surface area contributed by atoms with Crippen LogP contribution in [0.15, 0.2) is 36.4 Å². The summed E-state index contributed by atoms with van der Waals surface area (Å²) in [4.78, 5) is 31.8. The molecule has 4 rings (SSSR count). The van der Waals surface area contributed by atoms with E-state index in [1.807, 2.05) is 30.3 Å². The third-order valence-electron chi connectivity index (χ3n) is 5.61. The molecule has 2 fully saturated rings. The van der Waals surface area contributed by atoms with Gasteiger partial charge in [0.05, 0.1) is 12.6 Å². The summed E-state index contributed by atoms with van der Waals surface area (Å²) < 4.78 is 4.97. The number of likely N-dealkylation sites (tertiary alicyclic amines) is 1. The van der Waals surface area contributed by atoms with Gasteiger partial charge in [-0.1, -0.05) is 37.1 Å². The Labute approximate surface area is 147 Å². The smallest absolute Gasteiger partial charge is 0.328 e. The number of nitrogens with zero attached hydrogens (tertiary/aromatic N) is 2. The van der Waals surface area contributed by atoms with E-state index < -0.39 is 6.04 Å². The number of hydrogen-bond donors (Lipinski definition) is 0. The predicted octanol–water partition coefficient (Wildman–Crippen LogP) is 3.18. The number of rotatable bonds is 2. The van der Waals surface area contributed by atoms with Crippen LogP contribution in [-0.4, -0.2) is 41.0 Å². The average Bonchev–Trinajstić information content (AvgIpc) is 3.06. The van der Waals surface area contributed by atoms with Crippen molar-refractivity contribution in [2.45, 2.75) is 44.2 Å². The van der Waals surface area contributed by atoms with Gasteiger partial charge in [-0.15, -0.1) is 0 Å². The van der Waals surface area contributed by atoms with E-state index in [0.717, 1.165) is 30.2 Å². The normalized spacial score (nSPS) is 25.6. The van der Waals surface area contributed by atoms with E-state index in [4.69, 9.17) is 4.74 Å². The molecule has 1 saturated carbocycles. The first kappa shape index (κ1) is 16.1. The Kier molecular flexibility index (Phi) is 4.15. The van der Waals surface area contributed by atoms with Gasteiger partial charge in [0.1, 0.15) is 11.7 Å². The van der Waals surface area contributed by atoms with Gasteiger partial charge in [-0.3, -0.25) is 4.79 Å². The molecule has 25 heavy (non-hydrogen) atoms. The lowest BCUT2D eigenvalue weighted by molar-refractivity contribution is -0.145. The zero-order chi connectivity index (χ0) is 17.4. The van der Waals surface area contributed by atoms with Crippen molar-refractivity contribution in [3.8, 4) is 0 Å². The zero-order valence-electron chi connectivity index (χ0n) is 14.4. The van der Waals surface area contributed by atoms with Crippen LogP contribution >= 0.6 is 0 Å². The van der Waals surface area contributed by atoms with Gasteiger partial charge in [-0.2, -0.15) is 0 Å². The molecule has 130 valence electrons. The second-order valence-corrected chi connectivity index (χ2v) is 6.99. The van der Waals surface area contributed by atoms with Gasteiger partial charge in [0.2, 0.25) is 0 Å². The molecule has 5 heteroatoms. The molecule has 1 saturated heterocycles. The molecule has 0 spiro atoms. The van der Waals surface area contributed by atoms with Crippen molar-refractivity contribution in [3.05, 3.63) is 42.1 Å². The highest BCUT2D eigenvalue weighted by Crippen LogP contribution is 2.40. The van der Waals surface area contributed by atoms with Crippen molar-refractivity contribution in [2.75, 3.05) is 7.11 Å². The van der Waals surface area contributed by atoms with Crippen LogP contribution in [0, 0.1) is 5.92 Å². The van der Waals surface area contributed by atoms with Crippen molar-refractivity contribution in [3.63, 3.8) is 0 Å². The third kappa shape index (κ3) is 2.77. The number of ether oxygens (including phenoxy) is 1. The number of methoxy groups -OCH3 is 1. The highest BCUT2D eigenvalue weighted by atomic mass is 16.5. The minimum atomic E-state index is -0.487. The van der Waals surface area contributed by atoms with E-state index in [1.165, 1.54) is 13.5 Å². The summed E-state index contributed by atoms with van der Waals surface area (Å²) in [5.74, 6) is -0.0821. The first-order chi connectivity index (χ1) is 12.2. The SMILES string of the molecule is COC(=O)[C@@H]1C[C@H]2CCCC[C@H]2N1C(=O)c1ccc2ccccc2n1. The molecule has 0 unspecified atom stereocenters. The number of fused-ring (bicyclic) bond motifs is 2. The Morgan fingerprint density at radius 1 is 1.12 bits per heavy atom. The van der Waals surface area contributed by atoms with Crippen LogP contribution in [0.2, 0.25) is 0 Å². The number of pyridine rings is 1.